The number of aromatic nitrogens is 2. The van der Waals surface area contributed by atoms with Gasteiger partial charge in [0.05, 0.1) is 6.21 Å². The van der Waals surface area contributed by atoms with E-state index in [4.69, 9.17) is 17.3 Å². The number of hydrogen-bond acceptors (Lipinski definition) is 3. The molecule has 0 unspecified atom stereocenters. The number of carbonyl (C=O) groups is 1. The minimum absolute atomic E-state index is 0.286. The number of nitrogens with zero attached hydrogens (tertiary/aromatic N) is 3. The van der Waals surface area contributed by atoms with Crippen molar-refractivity contribution in [2.75, 3.05) is 0 Å². The molecule has 92 valence electrons. The average molecular weight is 264 g/mol. The fourth-order valence-electron chi connectivity index (χ4n) is 1.40. The van der Waals surface area contributed by atoms with Crippen molar-refractivity contribution in [3.63, 3.8) is 0 Å². The Hall–Kier alpha value is -2.34. The number of imidazole rings is 1. The van der Waals surface area contributed by atoms with Gasteiger partial charge in [0.2, 0.25) is 0 Å². The molecule has 7 heteroatoms. The zero-order chi connectivity index (χ0) is 13.0. The Morgan fingerprint density at radius 3 is 2.83 bits per heavy atom. The van der Waals surface area contributed by atoms with Crippen molar-refractivity contribution in [3.05, 3.63) is 47.5 Å². The number of nitrogens with two attached hydrogens (primary N) is 1. The van der Waals surface area contributed by atoms with Gasteiger partial charge in [-0.2, -0.15) is 5.10 Å². The summed E-state index contributed by atoms with van der Waals surface area (Å²) in [5.74, 6) is 0. The third-order valence-corrected chi connectivity index (χ3v) is 2.44. The van der Waals surface area contributed by atoms with Gasteiger partial charge in [-0.05, 0) is 12.1 Å². The second-order valence-corrected chi connectivity index (χ2v) is 3.72. The van der Waals surface area contributed by atoms with Gasteiger partial charge in [-0.25, -0.2) is 15.2 Å². The molecule has 0 atom stereocenters. The van der Waals surface area contributed by atoms with E-state index in [9.17, 15) is 4.79 Å². The van der Waals surface area contributed by atoms with E-state index in [1.54, 1.807) is 10.9 Å². The van der Waals surface area contributed by atoms with Gasteiger partial charge < -0.3 is 5.73 Å². The highest BCUT2D eigenvalue weighted by molar-refractivity contribution is 6.31. The summed E-state index contributed by atoms with van der Waals surface area (Å²) in [7, 11) is 0. The Bertz CT molecular complexity index is 578. The molecule has 0 aliphatic rings. The van der Waals surface area contributed by atoms with E-state index in [0.29, 0.717) is 5.69 Å². The van der Waals surface area contributed by atoms with Crippen LogP contribution in [0, 0.1) is 0 Å². The number of urea groups is 1. The van der Waals surface area contributed by atoms with Crippen molar-refractivity contribution in [1.29, 1.82) is 0 Å². The van der Waals surface area contributed by atoms with Gasteiger partial charge in [-0.15, -0.1) is 0 Å². The predicted molar refractivity (Wildman–Crippen MR) is 68.9 cm³/mol. The zero-order valence-electron chi connectivity index (χ0n) is 9.25. The molecule has 1 aromatic heterocycles. The first kappa shape index (κ1) is 12.1. The molecule has 1 heterocycles. The van der Waals surface area contributed by atoms with E-state index in [1.807, 2.05) is 30.3 Å². The number of halogens is 1. The van der Waals surface area contributed by atoms with Gasteiger partial charge in [0.15, 0.2) is 5.15 Å². The molecular formula is C11H10ClN5O. The molecule has 6 nitrogen and oxygen atoms in total. The molecule has 2 amide bonds. The van der Waals surface area contributed by atoms with Crippen molar-refractivity contribution >= 4 is 23.8 Å². The van der Waals surface area contributed by atoms with Crippen molar-refractivity contribution in [2.45, 2.75) is 0 Å². The van der Waals surface area contributed by atoms with E-state index in [0.717, 1.165) is 5.69 Å². The van der Waals surface area contributed by atoms with Gasteiger partial charge >= 0.3 is 6.03 Å². The normalized spacial score (nSPS) is 10.7. The molecule has 1 aromatic carbocycles. The molecular weight excluding hydrogens is 254 g/mol. The van der Waals surface area contributed by atoms with Gasteiger partial charge in [0.1, 0.15) is 12.0 Å². The summed E-state index contributed by atoms with van der Waals surface area (Å²) in [6.45, 7) is 0. The predicted octanol–water partition coefficient (Wildman–Crippen LogP) is 1.53. The third-order valence-electron chi connectivity index (χ3n) is 2.15. The summed E-state index contributed by atoms with van der Waals surface area (Å²) in [5, 5.41) is 3.95. The fourth-order valence-corrected chi connectivity index (χ4v) is 1.59. The Morgan fingerprint density at radius 2 is 2.17 bits per heavy atom. The molecule has 0 fully saturated rings. The van der Waals surface area contributed by atoms with Gasteiger partial charge in [-0.1, -0.05) is 29.8 Å². The van der Waals surface area contributed by atoms with Crippen LogP contribution < -0.4 is 11.2 Å². The maximum Gasteiger partial charge on any atom is 0.332 e. The number of benzene rings is 1. The van der Waals surface area contributed by atoms with Crippen LogP contribution in [0.2, 0.25) is 5.15 Å². The summed E-state index contributed by atoms with van der Waals surface area (Å²) in [5.41, 5.74) is 8.44. The topological polar surface area (TPSA) is 85.3 Å². The van der Waals surface area contributed by atoms with Crippen molar-refractivity contribution in [1.82, 2.24) is 15.0 Å². The first-order valence-electron chi connectivity index (χ1n) is 5.05. The summed E-state index contributed by atoms with van der Waals surface area (Å²) in [6.07, 6.45) is 2.95. The maximum atomic E-state index is 10.5. The number of carbonyl (C=O) groups excluding carboxylic acids is 1. The minimum Gasteiger partial charge on any atom is -0.350 e. The van der Waals surface area contributed by atoms with E-state index in [-0.39, 0.29) is 5.15 Å². The van der Waals surface area contributed by atoms with E-state index >= 15 is 0 Å². The molecule has 0 bridgehead atoms. The average Bonchev–Trinajstić information content (AvgIpc) is 2.72. The lowest BCUT2D eigenvalue weighted by molar-refractivity contribution is 0.249. The third kappa shape index (κ3) is 2.67. The second kappa shape index (κ2) is 5.33. The Kier molecular flexibility index (Phi) is 3.59. The molecule has 2 rings (SSSR count). The Morgan fingerprint density at radius 1 is 1.44 bits per heavy atom. The van der Waals surface area contributed by atoms with E-state index in [2.05, 4.69) is 15.5 Å². The van der Waals surface area contributed by atoms with Gasteiger partial charge in [0, 0.05) is 5.69 Å². The number of hydrogen-bond donors (Lipinski definition) is 2. The minimum atomic E-state index is -0.742. The van der Waals surface area contributed by atoms with Crippen LogP contribution in [0.5, 0.6) is 0 Å². The summed E-state index contributed by atoms with van der Waals surface area (Å²) >= 11 is 5.94. The van der Waals surface area contributed by atoms with Crippen molar-refractivity contribution < 1.29 is 4.79 Å². The maximum absolute atomic E-state index is 10.5. The van der Waals surface area contributed by atoms with Crippen LogP contribution >= 0.6 is 11.6 Å². The summed E-state index contributed by atoms with van der Waals surface area (Å²) < 4.78 is 1.74. The van der Waals surface area contributed by atoms with Gasteiger partial charge in [-0.3, -0.25) is 4.57 Å². The first-order valence-corrected chi connectivity index (χ1v) is 5.43. The van der Waals surface area contributed by atoms with Gasteiger partial charge in [0.25, 0.3) is 0 Å². The number of nitrogens with one attached hydrogen (secondary N) is 1. The van der Waals surface area contributed by atoms with Crippen LogP contribution in [0.1, 0.15) is 5.69 Å². The fraction of sp³-hybridized carbons (Fsp3) is 0. The number of hydrazone groups is 1. The van der Waals surface area contributed by atoms with Crippen LogP contribution in [-0.4, -0.2) is 21.8 Å². The molecule has 0 saturated heterocycles. The molecule has 0 radical (unpaired) electrons. The van der Waals surface area contributed by atoms with Crippen molar-refractivity contribution in [2.24, 2.45) is 10.8 Å². The quantitative estimate of drug-likeness (QED) is 0.650. The molecule has 0 aliphatic heterocycles. The van der Waals surface area contributed by atoms with Crippen LogP contribution in [0.3, 0.4) is 0 Å². The molecule has 3 N–H and O–H groups in total. The van der Waals surface area contributed by atoms with Crippen LogP contribution in [0.4, 0.5) is 4.79 Å². The number of para-hydroxylation sites is 1. The lowest BCUT2D eigenvalue weighted by atomic mass is 10.3. The highest BCUT2D eigenvalue weighted by atomic mass is 35.5. The molecule has 2 aromatic rings. The largest absolute Gasteiger partial charge is 0.350 e. The number of amides is 2. The van der Waals surface area contributed by atoms with Crippen LogP contribution in [-0.2, 0) is 0 Å². The highest BCUT2D eigenvalue weighted by Crippen LogP contribution is 2.16. The van der Waals surface area contributed by atoms with Crippen molar-refractivity contribution in [3.8, 4) is 5.69 Å². The van der Waals surface area contributed by atoms with Crippen LogP contribution in [0.25, 0.3) is 5.69 Å². The standard InChI is InChI=1S/C11H10ClN5O/c12-10-9(6-15-16-11(13)18)17(7-14-10)8-4-2-1-3-5-8/h1-7H,(H3,13,16,18)/b15-6+. The highest BCUT2D eigenvalue weighted by Gasteiger charge is 2.08. The second-order valence-electron chi connectivity index (χ2n) is 3.36. The Labute approximate surface area is 108 Å². The zero-order valence-corrected chi connectivity index (χ0v) is 10.0. The van der Waals surface area contributed by atoms with E-state index < -0.39 is 6.03 Å². The number of rotatable bonds is 3. The lowest BCUT2D eigenvalue weighted by Gasteiger charge is -2.04. The van der Waals surface area contributed by atoms with E-state index in [1.165, 1.54) is 6.21 Å². The molecule has 0 aliphatic carbocycles. The monoisotopic (exact) mass is 263 g/mol. The Balaban J connectivity index is 2.33. The summed E-state index contributed by atoms with van der Waals surface area (Å²) in [6, 6.07) is 8.75. The molecule has 0 saturated carbocycles. The first-order chi connectivity index (χ1) is 8.68. The number of primary amides is 1. The molecule has 0 spiro atoms. The molecule has 18 heavy (non-hydrogen) atoms. The summed E-state index contributed by atoms with van der Waals surface area (Å²) in [4.78, 5) is 14.5. The van der Waals surface area contributed by atoms with Crippen LogP contribution in [0.15, 0.2) is 41.8 Å². The smallest absolute Gasteiger partial charge is 0.332 e. The SMILES string of the molecule is NC(=O)N/N=C/c1c(Cl)ncn1-c1ccccc1. The lowest BCUT2D eigenvalue weighted by Crippen LogP contribution is -2.24.